The van der Waals surface area contributed by atoms with Crippen LogP contribution in [0.2, 0.25) is 5.15 Å². The number of halogens is 1. The molecule has 0 atom stereocenters. The van der Waals surface area contributed by atoms with Crippen LogP contribution in [0, 0.1) is 0 Å². The predicted molar refractivity (Wildman–Crippen MR) is 116 cm³/mol. The summed E-state index contributed by atoms with van der Waals surface area (Å²) in [6.07, 6.45) is 4.80. The van der Waals surface area contributed by atoms with Crippen LogP contribution >= 0.6 is 11.6 Å². The van der Waals surface area contributed by atoms with Gasteiger partial charge in [0.15, 0.2) is 5.82 Å². The summed E-state index contributed by atoms with van der Waals surface area (Å²) in [6, 6.07) is 5.48. The molecular formula is C21H23ClN6O2. The van der Waals surface area contributed by atoms with Crippen molar-refractivity contribution in [3.8, 4) is 11.4 Å². The first kappa shape index (κ1) is 20.3. The third-order valence-electron chi connectivity index (χ3n) is 4.69. The normalized spacial score (nSPS) is 14.8. The second-order valence-electron chi connectivity index (χ2n) is 8.09. The average molecular weight is 427 g/mol. The number of anilines is 1. The maximum absolute atomic E-state index is 12.4. The topological polar surface area (TPSA) is 84.3 Å². The molecule has 156 valence electrons. The van der Waals surface area contributed by atoms with Gasteiger partial charge in [-0.1, -0.05) is 11.6 Å². The smallest absolute Gasteiger partial charge is 0.410 e. The SMILES string of the molecule is CC(C)(C)OC(=O)N1CCN(c2nc(-c3ccnc(Cl)c3)nc3cnccc23)CC1. The summed E-state index contributed by atoms with van der Waals surface area (Å²) in [5.41, 5.74) is 1.03. The summed E-state index contributed by atoms with van der Waals surface area (Å²) in [5, 5.41) is 1.30. The lowest BCUT2D eigenvalue weighted by atomic mass is 10.2. The van der Waals surface area contributed by atoms with E-state index in [0.717, 1.165) is 22.3 Å². The van der Waals surface area contributed by atoms with Crippen molar-refractivity contribution in [3.63, 3.8) is 0 Å². The minimum Gasteiger partial charge on any atom is -0.444 e. The number of hydrogen-bond acceptors (Lipinski definition) is 7. The van der Waals surface area contributed by atoms with E-state index in [2.05, 4.69) is 19.9 Å². The van der Waals surface area contributed by atoms with Gasteiger partial charge in [0.2, 0.25) is 0 Å². The lowest BCUT2D eigenvalue weighted by Gasteiger charge is -2.36. The summed E-state index contributed by atoms with van der Waals surface area (Å²) in [5.74, 6) is 1.37. The minimum atomic E-state index is -0.509. The molecule has 4 heterocycles. The van der Waals surface area contributed by atoms with E-state index in [1.165, 1.54) is 0 Å². The number of rotatable bonds is 2. The molecule has 3 aromatic rings. The number of aromatic nitrogens is 4. The zero-order chi connectivity index (χ0) is 21.3. The molecule has 9 heteroatoms. The first-order valence-electron chi connectivity index (χ1n) is 9.77. The van der Waals surface area contributed by atoms with E-state index in [-0.39, 0.29) is 6.09 Å². The van der Waals surface area contributed by atoms with Crippen molar-refractivity contribution in [2.75, 3.05) is 31.1 Å². The zero-order valence-corrected chi connectivity index (χ0v) is 17.9. The van der Waals surface area contributed by atoms with Crippen LogP contribution in [-0.4, -0.2) is 62.7 Å². The van der Waals surface area contributed by atoms with E-state index < -0.39 is 5.60 Å². The molecular weight excluding hydrogens is 404 g/mol. The van der Waals surface area contributed by atoms with E-state index in [1.54, 1.807) is 29.6 Å². The molecule has 3 aromatic heterocycles. The summed E-state index contributed by atoms with van der Waals surface area (Å²) in [7, 11) is 0. The Labute approximate surface area is 179 Å². The molecule has 0 radical (unpaired) electrons. The van der Waals surface area contributed by atoms with Crippen LogP contribution in [0.3, 0.4) is 0 Å². The van der Waals surface area contributed by atoms with E-state index in [9.17, 15) is 4.79 Å². The standard InChI is InChI=1S/C21H23ClN6O2/c1-21(2,3)30-20(29)28-10-8-27(9-11-28)19-15-5-6-23-13-16(15)25-18(26-19)14-4-7-24-17(22)12-14/h4-7,12-13H,8-11H2,1-3H3. The van der Waals surface area contributed by atoms with E-state index in [1.807, 2.05) is 32.9 Å². The molecule has 0 spiro atoms. The van der Waals surface area contributed by atoms with Crippen molar-refractivity contribution in [3.05, 3.63) is 41.9 Å². The Hall–Kier alpha value is -3.00. The summed E-state index contributed by atoms with van der Waals surface area (Å²) < 4.78 is 5.49. The molecule has 0 bridgehead atoms. The highest BCUT2D eigenvalue weighted by molar-refractivity contribution is 6.29. The van der Waals surface area contributed by atoms with Crippen LogP contribution in [-0.2, 0) is 4.74 Å². The molecule has 0 aromatic carbocycles. The van der Waals surface area contributed by atoms with Crippen molar-refractivity contribution < 1.29 is 9.53 Å². The van der Waals surface area contributed by atoms with Gasteiger partial charge in [-0.3, -0.25) is 4.98 Å². The lowest BCUT2D eigenvalue weighted by molar-refractivity contribution is 0.0240. The fourth-order valence-corrected chi connectivity index (χ4v) is 3.48. The van der Waals surface area contributed by atoms with Gasteiger partial charge in [-0.2, -0.15) is 0 Å². The minimum absolute atomic E-state index is 0.286. The van der Waals surface area contributed by atoms with Crippen LogP contribution in [0.15, 0.2) is 36.8 Å². The molecule has 1 aliphatic heterocycles. The van der Waals surface area contributed by atoms with Gasteiger partial charge in [-0.05, 0) is 39.0 Å². The Morgan fingerprint density at radius 3 is 2.57 bits per heavy atom. The molecule has 8 nitrogen and oxygen atoms in total. The Bertz CT molecular complexity index is 1080. The van der Waals surface area contributed by atoms with Crippen LogP contribution in [0.1, 0.15) is 20.8 Å². The Kier molecular flexibility index (Phi) is 5.42. The molecule has 30 heavy (non-hydrogen) atoms. The van der Waals surface area contributed by atoms with Crippen LogP contribution in [0.4, 0.5) is 10.6 Å². The molecule has 1 amide bonds. The van der Waals surface area contributed by atoms with Gasteiger partial charge in [-0.15, -0.1) is 0 Å². The molecule has 0 N–H and O–H groups in total. The van der Waals surface area contributed by atoms with Crippen molar-refractivity contribution >= 4 is 34.4 Å². The number of carbonyl (C=O) groups excluding carboxylic acids is 1. The van der Waals surface area contributed by atoms with Crippen LogP contribution in [0.5, 0.6) is 0 Å². The third-order valence-corrected chi connectivity index (χ3v) is 4.90. The fraction of sp³-hybridized carbons (Fsp3) is 0.381. The first-order chi connectivity index (χ1) is 14.3. The van der Waals surface area contributed by atoms with Gasteiger partial charge < -0.3 is 14.5 Å². The summed E-state index contributed by atoms with van der Waals surface area (Å²) in [6.45, 7) is 8.01. The number of ether oxygens (including phenoxy) is 1. The highest BCUT2D eigenvalue weighted by Crippen LogP contribution is 2.28. The van der Waals surface area contributed by atoms with Gasteiger partial charge >= 0.3 is 6.09 Å². The summed E-state index contributed by atoms with van der Waals surface area (Å²) >= 11 is 6.05. The zero-order valence-electron chi connectivity index (χ0n) is 17.2. The summed E-state index contributed by atoms with van der Waals surface area (Å²) in [4.78, 5) is 34.0. The van der Waals surface area contributed by atoms with Crippen molar-refractivity contribution in [1.82, 2.24) is 24.8 Å². The number of carbonyl (C=O) groups is 1. The van der Waals surface area contributed by atoms with Gasteiger partial charge in [0.1, 0.15) is 16.6 Å². The Balaban J connectivity index is 1.62. The Morgan fingerprint density at radius 1 is 1.10 bits per heavy atom. The van der Waals surface area contributed by atoms with E-state index in [4.69, 9.17) is 21.3 Å². The molecule has 0 unspecified atom stereocenters. The number of nitrogens with zero attached hydrogens (tertiary/aromatic N) is 6. The largest absolute Gasteiger partial charge is 0.444 e. The van der Waals surface area contributed by atoms with Crippen molar-refractivity contribution in [2.24, 2.45) is 0 Å². The molecule has 0 aliphatic carbocycles. The van der Waals surface area contributed by atoms with Crippen molar-refractivity contribution in [1.29, 1.82) is 0 Å². The number of amides is 1. The average Bonchev–Trinajstić information content (AvgIpc) is 2.72. The van der Waals surface area contributed by atoms with Crippen molar-refractivity contribution in [2.45, 2.75) is 26.4 Å². The first-order valence-corrected chi connectivity index (χ1v) is 10.1. The van der Waals surface area contributed by atoms with Crippen LogP contribution in [0.25, 0.3) is 22.3 Å². The molecule has 1 aliphatic rings. The molecule has 0 saturated carbocycles. The lowest BCUT2D eigenvalue weighted by Crippen LogP contribution is -2.50. The highest BCUT2D eigenvalue weighted by Gasteiger charge is 2.27. The van der Waals surface area contributed by atoms with E-state index >= 15 is 0 Å². The Morgan fingerprint density at radius 2 is 1.87 bits per heavy atom. The second-order valence-corrected chi connectivity index (χ2v) is 8.47. The quantitative estimate of drug-likeness (QED) is 0.576. The number of hydrogen-bond donors (Lipinski definition) is 0. The maximum Gasteiger partial charge on any atom is 0.410 e. The highest BCUT2D eigenvalue weighted by atomic mass is 35.5. The van der Waals surface area contributed by atoms with Crippen LogP contribution < -0.4 is 4.90 Å². The number of pyridine rings is 2. The van der Waals surface area contributed by atoms with E-state index in [0.29, 0.717) is 37.2 Å². The van der Waals surface area contributed by atoms with Gasteiger partial charge in [0.05, 0.1) is 11.7 Å². The molecule has 4 rings (SSSR count). The van der Waals surface area contributed by atoms with Gasteiger partial charge in [0.25, 0.3) is 0 Å². The van der Waals surface area contributed by atoms with Gasteiger partial charge in [-0.25, -0.2) is 19.7 Å². The third kappa shape index (κ3) is 4.43. The predicted octanol–water partition coefficient (Wildman–Crippen LogP) is 3.80. The number of piperazine rings is 1. The second kappa shape index (κ2) is 8.02. The number of fused-ring (bicyclic) bond motifs is 1. The molecule has 1 fully saturated rings. The monoisotopic (exact) mass is 426 g/mol. The molecule has 1 saturated heterocycles. The maximum atomic E-state index is 12.4. The fourth-order valence-electron chi connectivity index (χ4n) is 3.30. The van der Waals surface area contributed by atoms with Gasteiger partial charge in [0, 0.05) is 49.5 Å².